The van der Waals surface area contributed by atoms with Gasteiger partial charge in [0.2, 0.25) is 0 Å². The molecule has 14 heavy (non-hydrogen) atoms. The van der Waals surface area contributed by atoms with Gasteiger partial charge in [0.25, 0.3) is 0 Å². The molecule has 1 fully saturated rings. The van der Waals surface area contributed by atoms with Crippen LogP contribution in [0.2, 0.25) is 0 Å². The second-order valence-corrected chi connectivity index (χ2v) is 6.33. The Morgan fingerprint density at radius 3 is 3.00 bits per heavy atom. The summed E-state index contributed by atoms with van der Waals surface area (Å²) in [7, 11) is 5.58. The number of hydrogen-bond acceptors (Lipinski definition) is 4. The van der Waals surface area contributed by atoms with Crippen molar-refractivity contribution in [3.63, 3.8) is 0 Å². The van der Waals surface area contributed by atoms with E-state index in [1.165, 1.54) is 25.0 Å². The number of ether oxygens (including phenoxy) is 1. The minimum Gasteiger partial charge on any atom is -0.377 e. The van der Waals surface area contributed by atoms with Gasteiger partial charge >= 0.3 is 0 Å². The zero-order valence-corrected chi connectivity index (χ0v) is 10.3. The zero-order chi connectivity index (χ0) is 10.2. The van der Waals surface area contributed by atoms with E-state index in [2.05, 4.69) is 0 Å². The normalized spacial score (nSPS) is 21.4. The Morgan fingerprint density at radius 1 is 1.50 bits per heavy atom. The van der Waals surface area contributed by atoms with Crippen molar-refractivity contribution in [3.8, 4) is 0 Å². The highest BCUT2D eigenvalue weighted by atomic mass is 33.1. The molecule has 1 saturated heterocycles. The predicted octanol–water partition coefficient (Wildman–Crippen LogP) is 2.92. The van der Waals surface area contributed by atoms with Gasteiger partial charge in [0.05, 0.1) is 0 Å². The van der Waals surface area contributed by atoms with Gasteiger partial charge in [-0.1, -0.05) is 28.0 Å². The third kappa shape index (κ3) is 5.27. The van der Waals surface area contributed by atoms with Crippen LogP contribution in [0.25, 0.3) is 0 Å². The van der Waals surface area contributed by atoms with Crippen LogP contribution in [0.1, 0.15) is 32.1 Å². The molecule has 1 unspecified atom stereocenters. The number of rotatable bonds is 7. The Bertz CT molecular complexity index is 168. The van der Waals surface area contributed by atoms with Crippen LogP contribution >= 0.6 is 21.6 Å². The molecule has 0 radical (unpaired) electrons. The summed E-state index contributed by atoms with van der Waals surface area (Å²) < 4.78 is 4.78. The van der Waals surface area contributed by atoms with Crippen molar-refractivity contribution in [2.24, 2.45) is 0 Å². The van der Waals surface area contributed by atoms with Gasteiger partial charge in [0.1, 0.15) is 6.61 Å². The van der Waals surface area contributed by atoms with E-state index in [0.29, 0.717) is 6.42 Å². The van der Waals surface area contributed by atoms with Crippen LogP contribution in [0, 0.1) is 0 Å². The number of ketones is 1. The first-order valence-electron chi connectivity index (χ1n) is 5.12. The molecule has 1 heterocycles. The lowest BCUT2D eigenvalue weighted by Crippen LogP contribution is -2.06. The second-order valence-electron chi connectivity index (χ2n) is 3.55. The quantitative estimate of drug-likeness (QED) is 0.500. The Hall–Kier alpha value is 0.330. The molecule has 1 atom stereocenters. The molecule has 0 N–H and O–H groups in total. The highest BCUT2D eigenvalue weighted by Gasteiger charge is 2.15. The topological polar surface area (TPSA) is 26.3 Å². The summed E-state index contributed by atoms with van der Waals surface area (Å²) in [5.74, 6) is 1.54. The van der Waals surface area contributed by atoms with Crippen LogP contribution in [-0.4, -0.2) is 30.5 Å². The molecular weight excluding hydrogens is 216 g/mol. The van der Waals surface area contributed by atoms with Gasteiger partial charge in [0.15, 0.2) is 5.78 Å². The molecule has 0 aromatic rings. The van der Waals surface area contributed by atoms with Crippen molar-refractivity contribution in [2.45, 2.75) is 37.4 Å². The fourth-order valence-electron chi connectivity index (χ4n) is 1.49. The van der Waals surface area contributed by atoms with Crippen molar-refractivity contribution in [1.29, 1.82) is 0 Å². The SMILES string of the molecule is COCC(=O)CCCCC1CCSS1. The highest BCUT2D eigenvalue weighted by molar-refractivity contribution is 8.77. The lowest BCUT2D eigenvalue weighted by Gasteiger charge is -2.05. The van der Waals surface area contributed by atoms with Gasteiger partial charge in [0, 0.05) is 24.5 Å². The first-order valence-corrected chi connectivity index (χ1v) is 7.50. The average molecular weight is 234 g/mol. The molecule has 0 saturated carbocycles. The van der Waals surface area contributed by atoms with Gasteiger partial charge < -0.3 is 4.74 Å². The summed E-state index contributed by atoms with van der Waals surface area (Å²) in [6.07, 6.45) is 5.54. The molecule has 1 rings (SSSR count). The fraction of sp³-hybridized carbons (Fsp3) is 0.900. The Morgan fingerprint density at radius 2 is 2.36 bits per heavy atom. The number of methoxy groups -OCH3 is 1. The molecule has 0 amide bonds. The van der Waals surface area contributed by atoms with Crippen molar-refractivity contribution in [3.05, 3.63) is 0 Å². The van der Waals surface area contributed by atoms with Crippen LogP contribution < -0.4 is 0 Å². The number of carbonyl (C=O) groups excluding carboxylic acids is 1. The van der Waals surface area contributed by atoms with E-state index >= 15 is 0 Å². The predicted molar refractivity (Wildman–Crippen MR) is 63.8 cm³/mol. The molecule has 0 spiro atoms. The molecule has 0 aromatic heterocycles. The minimum atomic E-state index is 0.237. The molecule has 2 nitrogen and oxygen atoms in total. The Labute approximate surface area is 93.9 Å². The van der Waals surface area contributed by atoms with Crippen molar-refractivity contribution in [2.75, 3.05) is 19.5 Å². The van der Waals surface area contributed by atoms with Crippen LogP contribution in [0.5, 0.6) is 0 Å². The molecule has 0 aliphatic carbocycles. The molecular formula is C10H18O2S2. The second kappa shape index (κ2) is 7.60. The minimum absolute atomic E-state index is 0.237. The number of unbranched alkanes of at least 4 members (excludes halogenated alkanes) is 1. The first-order chi connectivity index (χ1) is 6.83. The Kier molecular flexibility index (Phi) is 6.73. The smallest absolute Gasteiger partial charge is 0.158 e. The molecule has 82 valence electrons. The largest absolute Gasteiger partial charge is 0.377 e. The van der Waals surface area contributed by atoms with Crippen molar-refractivity contribution < 1.29 is 9.53 Å². The maximum Gasteiger partial charge on any atom is 0.158 e. The lowest BCUT2D eigenvalue weighted by atomic mass is 10.1. The van der Waals surface area contributed by atoms with Crippen molar-refractivity contribution in [1.82, 2.24) is 0 Å². The summed E-state index contributed by atoms with van der Waals surface area (Å²) in [5.41, 5.74) is 0. The monoisotopic (exact) mass is 234 g/mol. The summed E-state index contributed by atoms with van der Waals surface area (Å²) in [4.78, 5) is 11.1. The third-order valence-corrected chi connectivity index (χ3v) is 5.27. The third-order valence-electron chi connectivity index (χ3n) is 2.26. The highest BCUT2D eigenvalue weighted by Crippen LogP contribution is 2.39. The van der Waals surface area contributed by atoms with Crippen LogP contribution in [0.4, 0.5) is 0 Å². The van der Waals surface area contributed by atoms with E-state index in [1.54, 1.807) is 7.11 Å². The molecule has 4 heteroatoms. The van der Waals surface area contributed by atoms with E-state index in [-0.39, 0.29) is 12.4 Å². The average Bonchev–Trinajstić information content (AvgIpc) is 2.65. The van der Waals surface area contributed by atoms with E-state index in [4.69, 9.17) is 4.74 Å². The van der Waals surface area contributed by atoms with Gasteiger partial charge in [-0.3, -0.25) is 4.79 Å². The molecule has 1 aliphatic rings. The summed E-state index contributed by atoms with van der Waals surface area (Å²) in [6, 6.07) is 0. The first kappa shape index (κ1) is 12.4. The van der Waals surface area contributed by atoms with Gasteiger partial charge in [-0.05, 0) is 19.3 Å². The summed E-state index contributed by atoms with van der Waals surface area (Å²) in [6.45, 7) is 0.286. The van der Waals surface area contributed by atoms with E-state index in [0.717, 1.165) is 11.7 Å². The van der Waals surface area contributed by atoms with E-state index in [1.807, 2.05) is 21.6 Å². The van der Waals surface area contributed by atoms with Crippen LogP contribution in [0.3, 0.4) is 0 Å². The Balaban J connectivity index is 1.90. The van der Waals surface area contributed by atoms with Crippen LogP contribution in [0.15, 0.2) is 0 Å². The zero-order valence-electron chi connectivity index (χ0n) is 8.66. The fourth-order valence-corrected chi connectivity index (χ4v) is 4.52. The van der Waals surface area contributed by atoms with Gasteiger partial charge in [-0.2, -0.15) is 0 Å². The molecule has 0 aromatic carbocycles. The van der Waals surface area contributed by atoms with Crippen LogP contribution in [-0.2, 0) is 9.53 Å². The maximum absolute atomic E-state index is 11.1. The number of Topliss-reactive ketones (excluding diaryl/α,β-unsaturated/α-hetero) is 1. The van der Waals surface area contributed by atoms with E-state index < -0.39 is 0 Å². The molecule has 0 bridgehead atoms. The maximum atomic E-state index is 11.1. The van der Waals surface area contributed by atoms with Crippen molar-refractivity contribution >= 4 is 27.4 Å². The lowest BCUT2D eigenvalue weighted by molar-refractivity contribution is -0.122. The standard InChI is InChI=1S/C10H18O2S2/c1-12-8-9(11)4-2-3-5-10-6-7-13-14-10/h10H,2-8H2,1H3. The van der Waals surface area contributed by atoms with Gasteiger partial charge in [-0.15, -0.1) is 0 Å². The summed E-state index contributed by atoms with van der Waals surface area (Å²) in [5, 5.41) is 0.845. The summed E-state index contributed by atoms with van der Waals surface area (Å²) >= 11 is 0. The number of carbonyl (C=O) groups is 1. The molecule has 1 aliphatic heterocycles. The number of hydrogen-bond donors (Lipinski definition) is 0. The van der Waals surface area contributed by atoms with E-state index in [9.17, 15) is 4.79 Å². The van der Waals surface area contributed by atoms with Gasteiger partial charge in [-0.25, -0.2) is 0 Å².